The van der Waals surface area contributed by atoms with Gasteiger partial charge < -0.3 is 4.57 Å². The number of amides is 1. The molecular formula is C21H20FN3O. The minimum absolute atomic E-state index is 0.253. The fourth-order valence-electron chi connectivity index (χ4n) is 2.92. The van der Waals surface area contributed by atoms with E-state index in [1.165, 1.54) is 12.1 Å². The lowest BCUT2D eigenvalue weighted by molar-refractivity contribution is 0.0955. The van der Waals surface area contributed by atoms with Crippen LogP contribution in [0.1, 0.15) is 32.9 Å². The molecule has 1 aromatic heterocycles. The van der Waals surface area contributed by atoms with E-state index in [4.69, 9.17) is 0 Å². The molecule has 0 aliphatic carbocycles. The second kappa shape index (κ2) is 7.35. The summed E-state index contributed by atoms with van der Waals surface area (Å²) in [4.78, 5) is 12.1. The fraction of sp³-hybridized carbons (Fsp3) is 0.143. The number of hydrazone groups is 1. The average molecular weight is 349 g/mol. The number of carbonyl (C=O) groups is 1. The Kier molecular flexibility index (Phi) is 4.98. The Morgan fingerprint density at radius 2 is 1.81 bits per heavy atom. The van der Waals surface area contributed by atoms with Gasteiger partial charge in [-0.25, -0.2) is 9.82 Å². The lowest BCUT2D eigenvalue weighted by Crippen LogP contribution is -2.17. The average Bonchev–Trinajstić information content (AvgIpc) is 2.89. The monoisotopic (exact) mass is 349 g/mol. The summed E-state index contributed by atoms with van der Waals surface area (Å²) in [5, 5.41) is 4.07. The number of aromatic nitrogens is 1. The first-order valence-electron chi connectivity index (χ1n) is 8.30. The van der Waals surface area contributed by atoms with Crippen molar-refractivity contribution >= 4 is 12.1 Å². The third kappa shape index (κ3) is 3.72. The summed E-state index contributed by atoms with van der Waals surface area (Å²) < 4.78 is 15.2. The third-order valence-electron chi connectivity index (χ3n) is 4.21. The molecule has 3 aromatic rings. The highest BCUT2D eigenvalue weighted by Crippen LogP contribution is 2.20. The Morgan fingerprint density at radius 1 is 1.08 bits per heavy atom. The van der Waals surface area contributed by atoms with Crippen molar-refractivity contribution in [3.05, 3.63) is 88.5 Å². The van der Waals surface area contributed by atoms with Crippen LogP contribution in [0.3, 0.4) is 0 Å². The third-order valence-corrected chi connectivity index (χ3v) is 4.21. The van der Waals surface area contributed by atoms with Crippen LogP contribution in [0.4, 0.5) is 4.39 Å². The van der Waals surface area contributed by atoms with E-state index in [1.54, 1.807) is 24.4 Å². The zero-order valence-electron chi connectivity index (χ0n) is 15.0. The molecule has 0 spiro atoms. The van der Waals surface area contributed by atoms with Crippen molar-refractivity contribution < 1.29 is 9.18 Å². The van der Waals surface area contributed by atoms with Gasteiger partial charge in [0, 0.05) is 28.2 Å². The molecule has 0 radical (unpaired) electrons. The molecule has 1 heterocycles. The van der Waals surface area contributed by atoms with E-state index in [1.807, 2.05) is 49.6 Å². The second-order valence-electron chi connectivity index (χ2n) is 6.21. The number of halogens is 1. The van der Waals surface area contributed by atoms with Crippen LogP contribution in [0.15, 0.2) is 59.7 Å². The number of nitrogens with zero attached hydrogens (tertiary/aromatic N) is 2. The maximum atomic E-state index is 13.1. The summed E-state index contributed by atoms with van der Waals surface area (Å²) >= 11 is 0. The SMILES string of the molecule is Cc1cccc(C(=O)N/N=C\c2cc(C)n(-c3ccc(F)cc3)c2C)c1. The summed E-state index contributed by atoms with van der Waals surface area (Å²) in [6.07, 6.45) is 1.62. The number of hydrogen-bond acceptors (Lipinski definition) is 2. The molecule has 0 saturated heterocycles. The number of hydrogen-bond donors (Lipinski definition) is 1. The van der Waals surface area contributed by atoms with E-state index in [0.29, 0.717) is 5.56 Å². The maximum Gasteiger partial charge on any atom is 0.271 e. The Hall–Kier alpha value is -3.21. The standard InChI is InChI=1S/C21H20FN3O/c1-14-5-4-6-17(11-14)21(26)24-23-13-18-12-15(2)25(16(18)3)20-9-7-19(22)8-10-20/h4-13H,1-3H3,(H,24,26)/b23-13-. The number of aryl methyl sites for hydroxylation is 2. The highest BCUT2D eigenvalue weighted by molar-refractivity contribution is 5.95. The van der Waals surface area contributed by atoms with Crippen molar-refractivity contribution in [3.63, 3.8) is 0 Å². The molecule has 5 heteroatoms. The lowest BCUT2D eigenvalue weighted by Gasteiger charge is -2.09. The molecule has 132 valence electrons. The van der Waals surface area contributed by atoms with E-state index < -0.39 is 0 Å². The quantitative estimate of drug-likeness (QED) is 0.554. The van der Waals surface area contributed by atoms with Crippen LogP contribution in [0.25, 0.3) is 5.69 Å². The molecule has 2 aromatic carbocycles. The molecule has 3 rings (SSSR count). The molecule has 0 atom stereocenters. The van der Waals surface area contributed by atoms with Crippen molar-refractivity contribution in [1.29, 1.82) is 0 Å². The molecule has 0 saturated carbocycles. The highest BCUT2D eigenvalue weighted by Gasteiger charge is 2.10. The van der Waals surface area contributed by atoms with Gasteiger partial charge in [0.2, 0.25) is 0 Å². The van der Waals surface area contributed by atoms with Crippen LogP contribution in [0, 0.1) is 26.6 Å². The minimum Gasteiger partial charge on any atom is -0.318 e. The van der Waals surface area contributed by atoms with Crippen LogP contribution >= 0.6 is 0 Å². The van der Waals surface area contributed by atoms with Crippen LogP contribution < -0.4 is 5.43 Å². The molecule has 0 fully saturated rings. The summed E-state index contributed by atoms with van der Waals surface area (Å²) in [5.41, 5.74) is 7.86. The molecule has 0 aliphatic rings. The highest BCUT2D eigenvalue weighted by atomic mass is 19.1. The Labute approximate surface area is 152 Å². The van der Waals surface area contributed by atoms with Crippen LogP contribution in [0.2, 0.25) is 0 Å². The molecular weight excluding hydrogens is 329 g/mol. The zero-order valence-corrected chi connectivity index (χ0v) is 15.0. The van der Waals surface area contributed by atoms with Gasteiger partial charge in [-0.1, -0.05) is 17.7 Å². The zero-order chi connectivity index (χ0) is 18.7. The van der Waals surface area contributed by atoms with Crippen LogP contribution in [-0.4, -0.2) is 16.7 Å². The van der Waals surface area contributed by atoms with Crippen molar-refractivity contribution in [3.8, 4) is 5.69 Å². The topological polar surface area (TPSA) is 46.4 Å². The molecule has 0 unspecified atom stereocenters. The number of carbonyl (C=O) groups excluding carboxylic acids is 1. The lowest BCUT2D eigenvalue weighted by atomic mass is 10.1. The van der Waals surface area contributed by atoms with Gasteiger partial charge in [-0.3, -0.25) is 4.79 Å². The van der Waals surface area contributed by atoms with Crippen molar-refractivity contribution in [2.75, 3.05) is 0 Å². The van der Waals surface area contributed by atoms with Gasteiger partial charge in [-0.15, -0.1) is 0 Å². The summed E-state index contributed by atoms with van der Waals surface area (Å²) in [7, 11) is 0. The largest absolute Gasteiger partial charge is 0.318 e. The Bertz CT molecular complexity index is 971. The predicted molar refractivity (Wildman–Crippen MR) is 101 cm³/mol. The van der Waals surface area contributed by atoms with Gasteiger partial charge >= 0.3 is 0 Å². The molecule has 4 nitrogen and oxygen atoms in total. The van der Waals surface area contributed by atoms with E-state index in [-0.39, 0.29) is 11.7 Å². The summed E-state index contributed by atoms with van der Waals surface area (Å²) in [6.45, 7) is 5.86. The summed E-state index contributed by atoms with van der Waals surface area (Å²) in [6, 6.07) is 15.6. The molecule has 26 heavy (non-hydrogen) atoms. The van der Waals surface area contributed by atoms with Crippen LogP contribution in [-0.2, 0) is 0 Å². The van der Waals surface area contributed by atoms with Crippen molar-refractivity contribution in [2.45, 2.75) is 20.8 Å². The smallest absolute Gasteiger partial charge is 0.271 e. The Morgan fingerprint density at radius 3 is 2.50 bits per heavy atom. The van der Waals surface area contributed by atoms with E-state index in [9.17, 15) is 9.18 Å². The Balaban J connectivity index is 1.78. The van der Waals surface area contributed by atoms with E-state index >= 15 is 0 Å². The van der Waals surface area contributed by atoms with Gasteiger partial charge in [-0.2, -0.15) is 5.10 Å². The fourth-order valence-corrected chi connectivity index (χ4v) is 2.92. The first-order valence-corrected chi connectivity index (χ1v) is 8.30. The first-order chi connectivity index (χ1) is 12.5. The van der Waals surface area contributed by atoms with Crippen LogP contribution in [0.5, 0.6) is 0 Å². The normalized spacial score (nSPS) is 11.1. The molecule has 0 aliphatic heterocycles. The molecule has 1 N–H and O–H groups in total. The van der Waals surface area contributed by atoms with Gasteiger partial charge in [-0.05, 0) is 63.2 Å². The van der Waals surface area contributed by atoms with Gasteiger partial charge in [0.25, 0.3) is 5.91 Å². The van der Waals surface area contributed by atoms with Gasteiger partial charge in [0.05, 0.1) is 6.21 Å². The van der Waals surface area contributed by atoms with Gasteiger partial charge in [0.1, 0.15) is 5.82 Å². The number of benzene rings is 2. The second-order valence-corrected chi connectivity index (χ2v) is 6.21. The predicted octanol–water partition coefficient (Wildman–Crippen LogP) is 4.31. The minimum atomic E-state index is -0.267. The number of nitrogens with one attached hydrogen (secondary N) is 1. The van der Waals surface area contributed by atoms with Gasteiger partial charge in [0.15, 0.2) is 0 Å². The first kappa shape index (κ1) is 17.6. The molecule has 0 bridgehead atoms. The van der Waals surface area contributed by atoms with Crippen molar-refractivity contribution in [1.82, 2.24) is 9.99 Å². The summed E-state index contributed by atoms with van der Waals surface area (Å²) in [5.74, 6) is -0.519. The molecule has 1 amide bonds. The van der Waals surface area contributed by atoms with Crippen molar-refractivity contribution in [2.24, 2.45) is 5.10 Å². The van der Waals surface area contributed by atoms with E-state index in [0.717, 1.165) is 28.2 Å². The van der Waals surface area contributed by atoms with E-state index in [2.05, 4.69) is 10.5 Å². The number of rotatable bonds is 4. The maximum absolute atomic E-state index is 13.1.